The van der Waals surface area contributed by atoms with Crippen LogP contribution in [0.15, 0.2) is 47.2 Å². The lowest BCUT2D eigenvalue weighted by atomic mass is 10.2. The summed E-state index contributed by atoms with van der Waals surface area (Å²) in [6.07, 6.45) is 1.44. The van der Waals surface area contributed by atoms with Gasteiger partial charge in [-0.05, 0) is 12.1 Å². The Hall–Kier alpha value is -2.10. The third-order valence-corrected chi connectivity index (χ3v) is 1.85. The molecule has 1 heterocycles. The number of rotatable bonds is 3. The predicted molar refractivity (Wildman–Crippen MR) is 52.1 cm³/mol. The first-order chi connectivity index (χ1) is 7.36. The van der Waals surface area contributed by atoms with Gasteiger partial charge in [-0.3, -0.25) is 0 Å². The molecule has 15 heavy (non-hydrogen) atoms. The predicted octanol–water partition coefficient (Wildman–Crippen LogP) is 2.03. The van der Waals surface area contributed by atoms with E-state index in [-0.39, 0.29) is 12.6 Å². The Bertz CT molecular complexity index is 422. The molecule has 0 atom stereocenters. The summed E-state index contributed by atoms with van der Waals surface area (Å²) < 4.78 is 9.62. The Morgan fingerprint density at radius 1 is 1.27 bits per heavy atom. The van der Waals surface area contributed by atoms with Crippen LogP contribution in [0.1, 0.15) is 16.1 Å². The van der Waals surface area contributed by atoms with Gasteiger partial charge < -0.3 is 9.26 Å². The SMILES string of the molecule is O=C(OCc1ccon1)c1ccccc1. The van der Waals surface area contributed by atoms with E-state index in [0.29, 0.717) is 11.3 Å². The fourth-order valence-electron chi connectivity index (χ4n) is 1.11. The number of aromatic nitrogens is 1. The summed E-state index contributed by atoms with van der Waals surface area (Å²) in [4.78, 5) is 11.5. The van der Waals surface area contributed by atoms with Crippen LogP contribution in [-0.2, 0) is 11.3 Å². The van der Waals surface area contributed by atoms with Crippen molar-refractivity contribution in [2.24, 2.45) is 0 Å². The molecule has 1 aromatic carbocycles. The van der Waals surface area contributed by atoms with Crippen LogP contribution in [0.5, 0.6) is 0 Å². The summed E-state index contributed by atoms with van der Waals surface area (Å²) in [5, 5.41) is 3.63. The second-order valence-electron chi connectivity index (χ2n) is 2.93. The van der Waals surface area contributed by atoms with Gasteiger partial charge in [-0.15, -0.1) is 0 Å². The molecular weight excluding hydrogens is 194 g/mol. The molecule has 0 saturated carbocycles. The molecule has 0 aliphatic carbocycles. The van der Waals surface area contributed by atoms with Gasteiger partial charge >= 0.3 is 5.97 Å². The van der Waals surface area contributed by atoms with E-state index in [2.05, 4.69) is 9.68 Å². The summed E-state index contributed by atoms with van der Waals surface area (Å²) in [6.45, 7) is 0.129. The Kier molecular flexibility index (Phi) is 2.78. The number of nitrogens with zero attached hydrogens (tertiary/aromatic N) is 1. The minimum atomic E-state index is -0.362. The van der Waals surface area contributed by atoms with Gasteiger partial charge in [-0.1, -0.05) is 23.4 Å². The van der Waals surface area contributed by atoms with Gasteiger partial charge in [0.1, 0.15) is 18.6 Å². The van der Waals surface area contributed by atoms with E-state index in [1.54, 1.807) is 30.3 Å². The fourth-order valence-corrected chi connectivity index (χ4v) is 1.11. The first-order valence-corrected chi connectivity index (χ1v) is 4.48. The Morgan fingerprint density at radius 3 is 2.73 bits per heavy atom. The summed E-state index contributed by atoms with van der Waals surface area (Å²) in [5.41, 5.74) is 1.13. The minimum absolute atomic E-state index is 0.129. The van der Waals surface area contributed by atoms with Crippen molar-refractivity contribution in [2.75, 3.05) is 0 Å². The van der Waals surface area contributed by atoms with E-state index in [1.165, 1.54) is 6.26 Å². The van der Waals surface area contributed by atoms with Gasteiger partial charge in [0.15, 0.2) is 0 Å². The van der Waals surface area contributed by atoms with Crippen LogP contribution >= 0.6 is 0 Å². The molecular formula is C11H9NO3. The zero-order valence-electron chi connectivity index (χ0n) is 7.92. The summed E-state index contributed by atoms with van der Waals surface area (Å²) in [5.74, 6) is -0.362. The third-order valence-electron chi connectivity index (χ3n) is 1.85. The van der Waals surface area contributed by atoms with Crippen molar-refractivity contribution >= 4 is 5.97 Å². The van der Waals surface area contributed by atoms with Crippen molar-refractivity contribution in [3.63, 3.8) is 0 Å². The molecule has 0 bridgehead atoms. The van der Waals surface area contributed by atoms with Crippen molar-refractivity contribution in [2.45, 2.75) is 6.61 Å². The minimum Gasteiger partial charge on any atom is -0.455 e. The van der Waals surface area contributed by atoms with Crippen LogP contribution in [0.3, 0.4) is 0 Å². The second kappa shape index (κ2) is 4.41. The lowest BCUT2D eigenvalue weighted by molar-refractivity contribution is 0.0464. The molecule has 0 spiro atoms. The zero-order valence-corrected chi connectivity index (χ0v) is 7.92. The molecule has 0 radical (unpaired) electrons. The molecule has 0 amide bonds. The molecule has 0 aliphatic rings. The average Bonchev–Trinajstić information content (AvgIpc) is 2.80. The molecule has 0 aliphatic heterocycles. The molecule has 4 nitrogen and oxygen atoms in total. The van der Waals surface area contributed by atoms with Crippen LogP contribution in [-0.4, -0.2) is 11.1 Å². The number of hydrogen-bond acceptors (Lipinski definition) is 4. The first-order valence-electron chi connectivity index (χ1n) is 4.48. The normalized spacial score (nSPS) is 9.87. The maximum Gasteiger partial charge on any atom is 0.338 e. The topological polar surface area (TPSA) is 52.3 Å². The summed E-state index contributed by atoms with van der Waals surface area (Å²) >= 11 is 0. The maximum atomic E-state index is 11.5. The van der Waals surface area contributed by atoms with Crippen molar-refractivity contribution < 1.29 is 14.1 Å². The van der Waals surface area contributed by atoms with E-state index in [1.807, 2.05) is 6.07 Å². The molecule has 4 heteroatoms. The number of ether oxygens (including phenoxy) is 1. The molecule has 76 valence electrons. The molecule has 0 N–H and O–H groups in total. The highest BCUT2D eigenvalue weighted by molar-refractivity contribution is 5.89. The van der Waals surface area contributed by atoms with Crippen LogP contribution in [0, 0.1) is 0 Å². The molecule has 1 aromatic heterocycles. The van der Waals surface area contributed by atoms with Crippen LogP contribution < -0.4 is 0 Å². The second-order valence-corrected chi connectivity index (χ2v) is 2.93. The van der Waals surface area contributed by atoms with Gasteiger partial charge in [-0.2, -0.15) is 0 Å². The number of benzene rings is 1. The van der Waals surface area contributed by atoms with E-state index in [9.17, 15) is 4.79 Å². The van der Waals surface area contributed by atoms with E-state index < -0.39 is 0 Å². The van der Waals surface area contributed by atoms with E-state index in [0.717, 1.165) is 0 Å². The van der Waals surface area contributed by atoms with Gasteiger partial charge in [0.2, 0.25) is 0 Å². The van der Waals surface area contributed by atoms with Crippen molar-refractivity contribution in [1.82, 2.24) is 5.16 Å². The number of carbonyl (C=O) groups is 1. The molecule has 2 aromatic rings. The van der Waals surface area contributed by atoms with Crippen LogP contribution in [0.2, 0.25) is 0 Å². The van der Waals surface area contributed by atoms with Gasteiger partial charge in [0.05, 0.1) is 5.56 Å². The third kappa shape index (κ3) is 2.43. The smallest absolute Gasteiger partial charge is 0.338 e. The maximum absolute atomic E-state index is 11.5. The summed E-state index contributed by atoms with van der Waals surface area (Å²) in [6, 6.07) is 10.5. The molecule has 2 rings (SSSR count). The van der Waals surface area contributed by atoms with E-state index >= 15 is 0 Å². The highest BCUT2D eigenvalue weighted by atomic mass is 16.5. The monoisotopic (exact) mass is 203 g/mol. The van der Waals surface area contributed by atoms with Crippen molar-refractivity contribution in [3.8, 4) is 0 Å². The van der Waals surface area contributed by atoms with Gasteiger partial charge in [-0.25, -0.2) is 4.79 Å². The quantitative estimate of drug-likeness (QED) is 0.716. The molecule has 0 saturated heterocycles. The highest BCUT2D eigenvalue weighted by Gasteiger charge is 2.06. The standard InChI is InChI=1S/C11H9NO3/c13-11(9-4-2-1-3-5-9)14-8-10-6-7-15-12-10/h1-7H,8H2. The molecule has 0 fully saturated rings. The zero-order chi connectivity index (χ0) is 10.5. The lowest BCUT2D eigenvalue weighted by Gasteiger charge is -2.01. The Balaban J connectivity index is 1.94. The first kappa shape index (κ1) is 9.45. The van der Waals surface area contributed by atoms with Gasteiger partial charge in [0, 0.05) is 6.07 Å². The molecule has 0 unspecified atom stereocenters. The fraction of sp³-hybridized carbons (Fsp3) is 0.0909. The number of carbonyl (C=O) groups excluding carboxylic acids is 1. The number of esters is 1. The Morgan fingerprint density at radius 2 is 2.07 bits per heavy atom. The Labute approximate surface area is 86.5 Å². The summed E-state index contributed by atoms with van der Waals surface area (Å²) in [7, 11) is 0. The van der Waals surface area contributed by atoms with E-state index in [4.69, 9.17) is 4.74 Å². The lowest BCUT2D eigenvalue weighted by Crippen LogP contribution is -2.04. The van der Waals surface area contributed by atoms with Crippen LogP contribution in [0.25, 0.3) is 0 Å². The number of hydrogen-bond donors (Lipinski definition) is 0. The van der Waals surface area contributed by atoms with Gasteiger partial charge in [0.25, 0.3) is 0 Å². The largest absolute Gasteiger partial charge is 0.455 e. The van der Waals surface area contributed by atoms with Crippen molar-refractivity contribution in [1.29, 1.82) is 0 Å². The van der Waals surface area contributed by atoms with Crippen molar-refractivity contribution in [3.05, 3.63) is 53.9 Å². The average molecular weight is 203 g/mol. The van der Waals surface area contributed by atoms with Crippen LogP contribution in [0.4, 0.5) is 0 Å². The highest BCUT2D eigenvalue weighted by Crippen LogP contribution is 2.04.